The number of halogens is 1. The number of nitrogens with two attached hydrogens (primary N) is 1. The van der Waals surface area contributed by atoms with Gasteiger partial charge in [0.2, 0.25) is 17.6 Å². The van der Waals surface area contributed by atoms with Crippen LogP contribution in [0.3, 0.4) is 0 Å². The number of nitrogens with one attached hydrogen (secondary N) is 1. The fourth-order valence-electron chi connectivity index (χ4n) is 7.55. The zero-order valence-corrected chi connectivity index (χ0v) is 26.3. The maximum Gasteiger partial charge on any atom is 0.374 e. The topological polar surface area (TPSA) is 124 Å². The van der Waals surface area contributed by atoms with Crippen LogP contribution in [0.2, 0.25) is 0 Å². The number of nitrogens with zero attached hydrogens (tertiary/aromatic N) is 1. The number of benzene rings is 1. The summed E-state index contributed by atoms with van der Waals surface area (Å²) in [5.74, 6) is -0.0355. The zero-order valence-electron chi connectivity index (χ0n) is 26.3. The highest BCUT2D eigenvalue weighted by Crippen LogP contribution is 2.42. The molecule has 2 aliphatic carbocycles. The van der Waals surface area contributed by atoms with E-state index in [9.17, 15) is 18.8 Å². The second kappa shape index (κ2) is 14.4. The molecule has 44 heavy (non-hydrogen) atoms. The molecule has 9 nitrogen and oxygen atoms in total. The van der Waals surface area contributed by atoms with E-state index in [2.05, 4.69) is 5.32 Å². The van der Waals surface area contributed by atoms with Gasteiger partial charge < -0.3 is 29.8 Å². The highest BCUT2D eigenvalue weighted by molar-refractivity contribution is 6.00. The van der Waals surface area contributed by atoms with Gasteiger partial charge in [0.05, 0.1) is 12.7 Å². The number of hydrogen-bond donors (Lipinski definition) is 2. The van der Waals surface area contributed by atoms with Crippen LogP contribution in [0, 0.1) is 29.6 Å². The van der Waals surface area contributed by atoms with Crippen molar-refractivity contribution < 1.29 is 32.7 Å². The first-order valence-electron chi connectivity index (χ1n) is 16.3. The Morgan fingerprint density at radius 3 is 2.43 bits per heavy atom. The average Bonchev–Trinajstić information content (AvgIpc) is 3.68. The number of methoxy groups -OCH3 is 1. The summed E-state index contributed by atoms with van der Waals surface area (Å²) in [7, 11) is 1.75. The van der Waals surface area contributed by atoms with Crippen molar-refractivity contribution in [3.05, 3.63) is 30.0 Å². The standard InChI is InChI=1S/C34H48FN3O6/c1-20(2)19-43-34(41)30-17-24-16-25(10-13-29(24)44-30)37-32(39)31-27(21-8-11-26(42-3)12-9-21)14-15-38(31)33(40)23-6-4-22(5-7-23)28(36)18-35/h10,13,16-17,20-23,26-28,31H,4-9,11-12,14-15,18-19,36H2,1-3H3,(H,37,39)/t21?,22-,23-,26?,27-,28?,31-/m0/s1. The molecule has 1 aromatic carbocycles. The van der Waals surface area contributed by atoms with Gasteiger partial charge in [-0.05, 0) is 106 Å². The van der Waals surface area contributed by atoms with E-state index in [1.807, 2.05) is 18.7 Å². The van der Waals surface area contributed by atoms with Crippen LogP contribution in [0.25, 0.3) is 11.0 Å². The number of anilines is 1. The molecule has 2 heterocycles. The first-order chi connectivity index (χ1) is 21.2. The van der Waals surface area contributed by atoms with Crippen molar-refractivity contribution in [1.29, 1.82) is 0 Å². The maximum absolute atomic E-state index is 14.1. The Kier molecular flexibility index (Phi) is 10.6. The number of amides is 2. The van der Waals surface area contributed by atoms with Crippen molar-refractivity contribution in [3.63, 3.8) is 0 Å². The molecule has 1 aromatic heterocycles. The Hall–Kier alpha value is -2.98. The SMILES string of the molecule is COC1CCC([C@@H]2CCN(C(=O)[C@H]3CC[C@H](C(N)CF)CC3)[C@@H]2C(=O)Nc2ccc3oc(C(=O)OCC(C)C)cc3c2)CC1. The van der Waals surface area contributed by atoms with E-state index in [-0.39, 0.29) is 47.4 Å². The van der Waals surface area contributed by atoms with Crippen LogP contribution in [0.1, 0.15) is 82.2 Å². The summed E-state index contributed by atoms with van der Waals surface area (Å²) < 4.78 is 29.8. The second-order valence-electron chi connectivity index (χ2n) is 13.5. The molecule has 2 amide bonds. The van der Waals surface area contributed by atoms with Crippen LogP contribution in [-0.4, -0.2) is 67.8 Å². The Labute approximate surface area is 259 Å². The van der Waals surface area contributed by atoms with E-state index in [0.717, 1.165) is 44.9 Å². The molecule has 242 valence electrons. The summed E-state index contributed by atoms with van der Waals surface area (Å²) in [5, 5.41) is 3.76. The Bertz CT molecular complexity index is 1300. The van der Waals surface area contributed by atoms with E-state index in [1.54, 1.807) is 31.4 Å². The summed E-state index contributed by atoms with van der Waals surface area (Å²) in [6.45, 7) is 4.24. The number of rotatable bonds is 10. The summed E-state index contributed by atoms with van der Waals surface area (Å²) in [4.78, 5) is 42.3. The van der Waals surface area contributed by atoms with Crippen LogP contribution < -0.4 is 11.1 Å². The lowest BCUT2D eigenvalue weighted by molar-refractivity contribution is -0.142. The highest BCUT2D eigenvalue weighted by Gasteiger charge is 2.47. The van der Waals surface area contributed by atoms with Gasteiger partial charge in [-0.15, -0.1) is 0 Å². The number of hydrogen-bond acceptors (Lipinski definition) is 7. The van der Waals surface area contributed by atoms with E-state index < -0.39 is 24.7 Å². The number of alkyl halides is 1. The fraction of sp³-hybridized carbons (Fsp3) is 0.676. The van der Waals surface area contributed by atoms with Gasteiger partial charge in [0.25, 0.3) is 0 Å². The van der Waals surface area contributed by atoms with Crippen LogP contribution in [0.4, 0.5) is 10.1 Å². The number of furan rings is 1. The monoisotopic (exact) mass is 613 g/mol. The van der Waals surface area contributed by atoms with Gasteiger partial charge in [-0.2, -0.15) is 0 Å². The largest absolute Gasteiger partial charge is 0.460 e. The predicted octanol–water partition coefficient (Wildman–Crippen LogP) is 5.71. The number of carbonyl (C=O) groups is 3. The average molecular weight is 614 g/mol. The number of carbonyl (C=O) groups excluding carboxylic acids is 3. The molecule has 10 heteroatoms. The van der Waals surface area contributed by atoms with Gasteiger partial charge in [-0.1, -0.05) is 13.8 Å². The quantitative estimate of drug-likeness (QED) is 0.329. The number of fused-ring (bicyclic) bond motifs is 1. The molecule has 3 fully saturated rings. The molecular weight excluding hydrogens is 565 g/mol. The van der Waals surface area contributed by atoms with Gasteiger partial charge in [0.15, 0.2) is 0 Å². The van der Waals surface area contributed by atoms with Crippen molar-refractivity contribution in [1.82, 2.24) is 4.90 Å². The van der Waals surface area contributed by atoms with E-state index in [4.69, 9.17) is 19.6 Å². The fourth-order valence-corrected chi connectivity index (χ4v) is 7.55. The van der Waals surface area contributed by atoms with Crippen LogP contribution in [0.5, 0.6) is 0 Å². The lowest BCUT2D eigenvalue weighted by atomic mass is 9.75. The summed E-state index contributed by atoms with van der Waals surface area (Å²) in [5.41, 5.74) is 7.06. The van der Waals surface area contributed by atoms with Crippen molar-refractivity contribution in [2.45, 2.75) is 89.8 Å². The number of esters is 1. The van der Waals surface area contributed by atoms with Gasteiger partial charge in [0.1, 0.15) is 18.3 Å². The van der Waals surface area contributed by atoms with Crippen molar-refractivity contribution >= 4 is 34.4 Å². The van der Waals surface area contributed by atoms with Crippen molar-refractivity contribution in [2.24, 2.45) is 35.3 Å². The lowest BCUT2D eigenvalue weighted by Crippen LogP contribution is -2.50. The Morgan fingerprint density at radius 2 is 1.77 bits per heavy atom. The number of ether oxygens (including phenoxy) is 2. The Balaban J connectivity index is 1.32. The molecule has 0 bridgehead atoms. The normalized spacial score (nSPS) is 28.3. The Morgan fingerprint density at radius 1 is 1.05 bits per heavy atom. The zero-order chi connectivity index (χ0) is 31.4. The molecule has 2 saturated carbocycles. The van der Waals surface area contributed by atoms with Crippen molar-refractivity contribution in [2.75, 3.05) is 32.3 Å². The molecule has 3 aliphatic rings. The van der Waals surface area contributed by atoms with Crippen molar-refractivity contribution in [3.8, 4) is 0 Å². The molecule has 1 unspecified atom stereocenters. The molecule has 1 saturated heterocycles. The van der Waals surface area contributed by atoms with Gasteiger partial charge >= 0.3 is 5.97 Å². The summed E-state index contributed by atoms with van der Waals surface area (Å²) >= 11 is 0. The minimum Gasteiger partial charge on any atom is -0.460 e. The van der Waals surface area contributed by atoms with Crippen LogP contribution >= 0.6 is 0 Å². The number of likely N-dealkylation sites (tertiary alicyclic amines) is 1. The van der Waals surface area contributed by atoms with Crippen LogP contribution in [-0.2, 0) is 19.1 Å². The van der Waals surface area contributed by atoms with E-state index in [0.29, 0.717) is 48.6 Å². The first kappa shape index (κ1) is 32.4. The van der Waals surface area contributed by atoms with E-state index >= 15 is 0 Å². The third-order valence-electron chi connectivity index (χ3n) is 10.1. The van der Waals surface area contributed by atoms with Gasteiger partial charge in [-0.25, -0.2) is 9.18 Å². The predicted molar refractivity (Wildman–Crippen MR) is 166 cm³/mol. The molecule has 1 aliphatic heterocycles. The smallest absolute Gasteiger partial charge is 0.374 e. The minimum absolute atomic E-state index is 0.0281. The second-order valence-corrected chi connectivity index (χ2v) is 13.5. The minimum atomic E-state index is -0.570. The first-order valence-corrected chi connectivity index (χ1v) is 16.3. The molecule has 3 atom stereocenters. The van der Waals surface area contributed by atoms with Gasteiger partial charge in [-0.3, -0.25) is 9.59 Å². The molecule has 0 spiro atoms. The molecular formula is C34H48FN3O6. The summed E-state index contributed by atoms with van der Waals surface area (Å²) in [6.07, 6.45) is 7.69. The molecule has 3 N–H and O–H groups in total. The highest BCUT2D eigenvalue weighted by atomic mass is 19.1. The van der Waals surface area contributed by atoms with Crippen LogP contribution in [0.15, 0.2) is 28.7 Å². The third kappa shape index (κ3) is 7.28. The lowest BCUT2D eigenvalue weighted by Gasteiger charge is -2.37. The van der Waals surface area contributed by atoms with E-state index in [1.165, 1.54) is 0 Å². The maximum atomic E-state index is 14.1. The molecule has 2 aromatic rings. The molecule has 5 rings (SSSR count). The summed E-state index contributed by atoms with van der Waals surface area (Å²) in [6, 6.07) is 5.84. The molecule has 0 radical (unpaired) electrons. The van der Waals surface area contributed by atoms with Gasteiger partial charge in [0, 0.05) is 36.7 Å². The third-order valence-corrected chi connectivity index (χ3v) is 10.1.